The maximum absolute atomic E-state index is 11.5. The molecule has 2 aliphatic rings. The standard InChI is InChI=1S/C13H25N3O2/c1-2-16(11-4-5-11)9-8-14-12(17)15-10-13(18)6-3-7-13/h11,18H,2-10H2,1H3,(H2,14,15,17). The zero-order chi connectivity index (χ0) is 13.0. The van der Waals surface area contributed by atoms with Gasteiger partial charge in [0.2, 0.25) is 0 Å². The van der Waals surface area contributed by atoms with E-state index in [1.807, 2.05) is 0 Å². The molecule has 0 aromatic rings. The summed E-state index contributed by atoms with van der Waals surface area (Å²) in [7, 11) is 0. The molecule has 0 saturated heterocycles. The fourth-order valence-corrected chi connectivity index (χ4v) is 2.42. The van der Waals surface area contributed by atoms with Gasteiger partial charge in [-0.15, -0.1) is 0 Å². The fraction of sp³-hybridized carbons (Fsp3) is 0.923. The highest BCUT2D eigenvalue weighted by molar-refractivity contribution is 5.73. The number of amides is 2. The van der Waals surface area contributed by atoms with Crippen molar-refractivity contribution in [3.63, 3.8) is 0 Å². The molecular formula is C13H25N3O2. The van der Waals surface area contributed by atoms with Crippen LogP contribution in [-0.2, 0) is 0 Å². The Morgan fingerprint density at radius 1 is 1.39 bits per heavy atom. The number of likely N-dealkylation sites (N-methyl/N-ethyl adjacent to an activating group) is 1. The van der Waals surface area contributed by atoms with E-state index in [0.717, 1.165) is 38.4 Å². The quantitative estimate of drug-likeness (QED) is 0.627. The van der Waals surface area contributed by atoms with E-state index in [1.165, 1.54) is 12.8 Å². The second kappa shape index (κ2) is 5.89. The van der Waals surface area contributed by atoms with E-state index < -0.39 is 5.60 Å². The minimum Gasteiger partial charge on any atom is -0.388 e. The predicted molar refractivity (Wildman–Crippen MR) is 70.5 cm³/mol. The Balaban J connectivity index is 1.54. The van der Waals surface area contributed by atoms with Crippen LogP contribution in [-0.4, -0.2) is 53.9 Å². The Labute approximate surface area is 109 Å². The summed E-state index contributed by atoms with van der Waals surface area (Å²) in [6, 6.07) is 0.581. The third-order valence-electron chi connectivity index (χ3n) is 4.02. The molecule has 0 spiro atoms. The summed E-state index contributed by atoms with van der Waals surface area (Å²) in [5, 5.41) is 15.4. The van der Waals surface area contributed by atoms with Gasteiger partial charge in [-0.1, -0.05) is 6.92 Å². The van der Waals surface area contributed by atoms with Crippen LogP contribution >= 0.6 is 0 Å². The topological polar surface area (TPSA) is 64.6 Å². The fourth-order valence-electron chi connectivity index (χ4n) is 2.42. The summed E-state index contributed by atoms with van der Waals surface area (Å²) in [5.74, 6) is 0. The first kappa shape index (κ1) is 13.6. The SMILES string of the molecule is CCN(CCNC(=O)NCC1(O)CCC1)C1CC1. The summed E-state index contributed by atoms with van der Waals surface area (Å²) < 4.78 is 0. The molecule has 2 saturated carbocycles. The number of carbonyl (C=O) groups is 1. The second-order valence-corrected chi connectivity index (χ2v) is 5.55. The monoisotopic (exact) mass is 255 g/mol. The number of urea groups is 1. The van der Waals surface area contributed by atoms with E-state index in [1.54, 1.807) is 0 Å². The van der Waals surface area contributed by atoms with Crippen molar-refractivity contribution in [1.82, 2.24) is 15.5 Å². The number of hydrogen-bond acceptors (Lipinski definition) is 3. The smallest absolute Gasteiger partial charge is 0.314 e. The lowest BCUT2D eigenvalue weighted by molar-refractivity contribution is -0.0290. The van der Waals surface area contributed by atoms with E-state index in [2.05, 4.69) is 22.5 Å². The normalized spacial score (nSPS) is 21.5. The first-order chi connectivity index (χ1) is 8.63. The number of rotatable bonds is 7. The molecule has 0 aromatic heterocycles. The van der Waals surface area contributed by atoms with Gasteiger partial charge < -0.3 is 15.7 Å². The molecule has 2 rings (SSSR count). The van der Waals surface area contributed by atoms with Crippen molar-refractivity contribution in [3.8, 4) is 0 Å². The van der Waals surface area contributed by atoms with E-state index in [0.29, 0.717) is 13.1 Å². The molecule has 2 fully saturated rings. The Morgan fingerprint density at radius 2 is 2.11 bits per heavy atom. The zero-order valence-electron chi connectivity index (χ0n) is 11.2. The van der Waals surface area contributed by atoms with Crippen molar-refractivity contribution in [2.45, 2.75) is 50.7 Å². The zero-order valence-corrected chi connectivity index (χ0v) is 11.2. The number of nitrogens with zero attached hydrogens (tertiary/aromatic N) is 1. The van der Waals surface area contributed by atoms with E-state index >= 15 is 0 Å². The van der Waals surface area contributed by atoms with Crippen LogP contribution in [0, 0.1) is 0 Å². The van der Waals surface area contributed by atoms with E-state index in [-0.39, 0.29) is 6.03 Å². The molecule has 0 heterocycles. The van der Waals surface area contributed by atoms with E-state index in [4.69, 9.17) is 0 Å². The van der Waals surface area contributed by atoms with Crippen molar-refractivity contribution in [1.29, 1.82) is 0 Å². The van der Waals surface area contributed by atoms with Gasteiger partial charge >= 0.3 is 6.03 Å². The van der Waals surface area contributed by atoms with Crippen molar-refractivity contribution in [2.75, 3.05) is 26.2 Å². The van der Waals surface area contributed by atoms with Crippen LogP contribution in [0.15, 0.2) is 0 Å². The van der Waals surface area contributed by atoms with Gasteiger partial charge in [0.1, 0.15) is 0 Å². The lowest BCUT2D eigenvalue weighted by atomic mass is 9.80. The molecule has 5 heteroatoms. The van der Waals surface area contributed by atoms with Gasteiger partial charge in [-0.2, -0.15) is 0 Å². The molecule has 3 N–H and O–H groups in total. The molecule has 2 aliphatic carbocycles. The molecule has 0 bridgehead atoms. The summed E-state index contributed by atoms with van der Waals surface area (Å²) >= 11 is 0. The highest BCUT2D eigenvalue weighted by atomic mass is 16.3. The van der Waals surface area contributed by atoms with Gasteiger partial charge in [0.05, 0.1) is 5.60 Å². The molecule has 0 aliphatic heterocycles. The minimum absolute atomic E-state index is 0.165. The van der Waals surface area contributed by atoms with Crippen LogP contribution in [0.25, 0.3) is 0 Å². The number of aliphatic hydroxyl groups is 1. The summed E-state index contributed by atoms with van der Waals surface area (Å²) in [5.41, 5.74) is -0.638. The van der Waals surface area contributed by atoms with Gasteiger partial charge in [-0.3, -0.25) is 4.90 Å². The van der Waals surface area contributed by atoms with Crippen LogP contribution in [0.5, 0.6) is 0 Å². The van der Waals surface area contributed by atoms with Gasteiger partial charge in [0.15, 0.2) is 0 Å². The highest BCUT2D eigenvalue weighted by Gasteiger charge is 2.34. The third-order valence-corrected chi connectivity index (χ3v) is 4.02. The molecule has 0 atom stereocenters. The number of hydrogen-bond donors (Lipinski definition) is 3. The Morgan fingerprint density at radius 3 is 2.61 bits per heavy atom. The Hall–Kier alpha value is -0.810. The van der Waals surface area contributed by atoms with Crippen molar-refractivity contribution in [3.05, 3.63) is 0 Å². The maximum Gasteiger partial charge on any atom is 0.314 e. The Bertz CT molecular complexity index is 288. The highest BCUT2D eigenvalue weighted by Crippen LogP contribution is 2.30. The molecule has 0 unspecified atom stereocenters. The average Bonchev–Trinajstić information content (AvgIpc) is 3.14. The van der Waals surface area contributed by atoms with Gasteiger partial charge in [0, 0.05) is 25.7 Å². The second-order valence-electron chi connectivity index (χ2n) is 5.55. The molecule has 5 nitrogen and oxygen atoms in total. The van der Waals surface area contributed by atoms with Crippen LogP contribution in [0.4, 0.5) is 4.79 Å². The van der Waals surface area contributed by atoms with Crippen molar-refractivity contribution in [2.24, 2.45) is 0 Å². The number of nitrogens with one attached hydrogen (secondary N) is 2. The predicted octanol–water partition coefficient (Wildman–Crippen LogP) is 0.685. The van der Waals surface area contributed by atoms with Crippen LogP contribution < -0.4 is 10.6 Å². The summed E-state index contributed by atoms with van der Waals surface area (Å²) in [4.78, 5) is 13.9. The van der Waals surface area contributed by atoms with Crippen LogP contribution in [0.2, 0.25) is 0 Å². The van der Waals surface area contributed by atoms with Gasteiger partial charge in [-0.05, 0) is 38.6 Å². The summed E-state index contributed by atoms with van der Waals surface area (Å²) in [6.07, 6.45) is 5.27. The van der Waals surface area contributed by atoms with Crippen LogP contribution in [0.1, 0.15) is 39.0 Å². The summed E-state index contributed by atoms with van der Waals surface area (Å²) in [6.45, 7) is 5.17. The van der Waals surface area contributed by atoms with Crippen LogP contribution in [0.3, 0.4) is 0 Å². The van der Waals surface area contributed by atoms with Gasteiger partial charge in [0.25, 0.3) is 0 Å². The molecule has 18 heavy (non-hydrogen) atoms. The lowest BCUT2D eigenvalue weighted by Crippen LogP contribution is -2.50. The lowest BCUT2D eigenvalue weighted by Gasteiger charge is -2.36. The largest absolute Gasteiger partial charge is 0.388 e. The van der Waals surface area contributed by atoms with Gasteiger partial charge in [-0.25, -0.2) is 4.79 Å². The average molecular weight is 255 g/mol. The van der Waals surface area contributed by atoms with Crippen molar-refractivity contribution >= 4 is 6.03 Å². The molecular weight excluding hydrogens is 230 g/mol. The molecule has 0 aromatic carbocycles. The first-order valence-corrected chi connectivity index (χ1v) is 7.11. The molecule has 104 valence electrons. The first-order valence-electron chi connectivity index (χ1n) is 7.11. The maximum atomic E-state index is 11.5. The minimum atomic E-state index is -0.638. The van der Waals surface area contributed by atoms with E-state index in [9.17, 15) is 9.90 Å². The Kier molecular flexibility index (Phi) is 4.45. The molecule has 2 amide bonds. The third kappa shape index (κ3) is 3.85. The van der Waals surface area contributed by atoms with Crippen molar-refractivity contribution < 1.29 is 9.90 Å². The molecule has 0 radical (unpaired) electrons. The number of carbonyl (C=O) groups excluding carboxylic acids is 1.